The number of nitro groups is 1. The number of nitrogens with one attached hydrogen (secondary N) is 3. The average molecular weight is 564 g/mol. The number of thiocarbonyl (C=S) groups is 1. The standard InChI is InChI=1S/C27H25N5O7S/c1-3-37-26(34)24-16(2)29-27(40)30-25(24)20-6-4-5-7-22(20)38-15-23(33)31-28-14-19-12-13-21(39-19)17-8-10-18(11-9-17)32(35)36/h4-14,25H,3,15H2,1-2H3,(H,31,33)(H2,29,30,40)/t25-/m1/s1. The van der Waals surface area contributed by atoms with E-state index in [0.717, 1.165) is 0 Å². The van der Waals surface area contributed by atoms with Gasteiger partial charge in [-0.3, -0.25) is 14.9 Å². The van der Waals surface area contributed by atoms with Gasteiger partial charge >= 0.3 is 5.97 Å². The number of amides is 1. The monoisotopic (exact) mass is 563 g/mol. The summed E-state index contributed by atoms with van der Waals surface area (Å²) < 4.78 is 16.7. The second-order valence-corrected chi connectivity index (χ2v) is 8.82. The molecule has 1 atom stereocenters. The quantitative estimate of drug-likeness (QED) is 0.109. The highest BCUT2D eigenvalue weighted by Crippen LogP contribution is 2.33. The SMILES string of the molecule is CCOC(=O)C1=C(C)NC(=S)N[C@@H]1c1ccccc1OCC(=O)NN=Cc1ccc(-c2ccc([N+](=O)[O-])cc2)o1. The van der Waals surface area contributed by atoms with E-state index in [1.54, 1.807) is 62.4 Å². The fourth-order valence-corrected chi connectivity index (χ4v) is 4.20. The molecule has 0 bridgehead atoms. The van der Waals surface area contributed by atoms with Crippen LogP contribution in [0.4, 0.5) is 5.69 Å². The third-order valence-electron chi connectivity index (χ3n) is 5.72. The van der Waals surface area contributed by atoms with Crippen LogP contribution < -0.4 is 20.8 Å². The van der Waals surface area contributed by atoms with E-state index in [1.165, 1.54) is 18.3 Å². The van der Waals surface area contributed by atoms with Crippen LogP contribution in [0.1, 0.15) is 31.2 Å². The number of benzene rings is 2. The van der Waals surface area contributed by atoms with Gasteiger partial charge in [-0.15, -0.1) is 0 Å². The molecule has 1 amide bonds. The van der Waals surface area contributed by atoms with Crippen molar-refractivity contribution in [3.63, 3.8) is 0 Å². The first-order valence-corrected chi connectivity index (χ1v) is 12.5. The Morgan fingerprint density at radius 1 is 1.18 bits per heavy atom. The van der Waals surface area contributed by atoms with Crippen LogP contribution >= 0.6 is 12.2 Å². The van der Waals surface area contributed by atoms with E-state index in [1.807, 2.05) is 0 Å². The van der Waals surface area contributed by atoms with Gasteiger partial charge in [0.25, 0.3) is 11.6 Å². The van der Waals surface area contributed by atoms with Crippen molar-refractivity contribution in [1.82, 2.24) is 16.1 Å². The number of hydrogen-bond donors (Lipinski definition) is 3. The molecule has 0 radical (unpaired) electrons. The molecule has 0 fully saturated rings. The second kappa shape index (κ2) is 12.7. The summed E-state index contributed by atoms with van der Waals surface area (Å²) in [5.74, 6) is 0.196. The molecule has 3 aromatic rings. The summed E-state index contributed by atoms with van der Waals surface area (Å²) in [6, 6.07) is 15.6. The van der Waals surface area contributed by atoms with Crippen molar-refractivity contribution in [2.75, 3.05) is 13.2 Å². The Morgan fingerprint density at radius 2 is 1.93 bits per heavy atom. The van der Waals surface area contributed by atoms with Crippen molar-refractivity contribution in [3.8, 4) is 17.1 Å². The van der Waals surface area contributed by atoms with Gasteiger partial charge in [-0.1, -0.05) is 18.2 Å². The highest BCUT2D eigenvalue weighted by Gasteiger charge is 2.32. The summed E-state index contributed by atoms with van der Waals surface area (Å²) in [5, 5.41) is 21.1. The molecule has 0 saturated carbocycles. The van der Waals surface area contributed by atoms with Crippen LogP contribution in [0.15, 0.2) is 81.5 Å². The van der Waals surface area contributed by atoms with Crippen LogP contribution in [0, 0.1) is 10.1 Å². The van der Waals surface area contributed by atoms with Gasteiger partial charge in [0.05, 0.1) is 29.4 Å². The molecule has 3 N–H and O–H groups in total. The van der Waals surface area contributed by atoms with Gasteiger partial charge in [0, 0.05) is 29.0 Å². The number of para-hydroxylation sites is 1. The summed E-state index contributed by atoms with van der Waals surface area (Å²) in [5.41, 5.74) is 4.51. The molecule has 206 valence electrons. The molecular formula is C27H25N5O7S. The Morgan fingerprint density at radius 3 is 2.65 bits per heavy atom. The summed E-state index contributed by atoms with van der Waals surface area (Å²) in [4.78, 5) is 35.4. The lowest BCUT2D eigenvalue weighted by molar-refractivity contribution is -0.384. The number of carbonyl (C=O) groups excluding carboxylic acids is 2. The Balaban J connectivity index is 1.38. The second-order valence-electron chi connectivity index (χ2n) is 8.42. The maximum atomic E-state index is 12.7. The fourth-order valence-electron chi connectivity index (χ4n) is 3.93. The summed E-state index contributed by atoms with van der Waals surface area (Å²) >= 11 is 5.28. The fraction of sp³-hybridized carbons (Fsp3) is 0.185. The minimum atomic E-state index is -0.644. The van der Waals surface area contributed by atoms with E-state index in [9.17, 15) is 19.7 Å². The van der Waals surface area contributed by atoms with Crippen LogP contribution in [0.3, 0.4) is 0 Å². The van der Waals surface area contributed by atoms with E-state index in [-0.39, 0.29) is 18.9 Å². The highest BCUT2D eigenvalue weighted by atomic mass is 32.1. The van der Waals surface area contributed by atoms with Crippen molar-refractivity contribution >= 4 is 41.1 Å². The number of allylic oxidation sites excluding steroid dienone is 1. The van der Waals surface area contributed by atoms with Gasteiger partial charge in [0.15, 0.2) is 11.7 Å². The number of furan rings is 1. The van der Waals surface area contributed by atoms with E-state index in [4.69, 9.17) is 26.1 Å². The predicted octanol–water partition coefficient (Wildman–Crippen LogP) is 3.74. The Hall–Kier alpha value is -5.04. The molecule has 0 saturated heterocycles. The Labute approximate surface area is 234 Å². The number of nitrogens with zero attached hydrogens (tertiary/aromatic N) is 2. The minimum absolute atomic E-state index is 0.0221. The van der Waals surface area contributed by atoms with Gasteiger partial charge in [0.2, 0.25) is 0 Å². The maximum absolute atomic E-state index is 12.7. The molecule has 1 aliphatic rings. The smallest absolute Gasteiger partial charge is 0.338 e. The van der Waals surface area contributed by atoms with E-state index < -0.39 is 22.8 Å². The number of carbonyl (C=O) groups is 2. The average Bonchev–Trinajstić information content (AvgIpc) is 3.40. The number of esters is 1. The van der Waals surface area contributed by atoms with Gasteiger partial charge in [0.1, 0.15) is 17.3 Å². The molecule has 0 aliphatic carbocycles. The summed E-state index contributed by atoms with van der Waals surface area (Å²) in [6.45, 7) is 3.31. The first-order valence-electron chi connectivity index (χ1n) is 12.1. The van der Waals surface area contributed by atoms with Crippen molar-refractivity contribution in [2.45, 2.75) is 19.9 Å². The van der Waals surface area contributed by atoms with Gasteiger partial charge in [-0.2, -0.15) is 5.10 Å². The van der Waals surface area contributed by atoms with Crippen LogP contribution in [0.25, 0.3) is 11.3 Å². The number of nitro benzene ring substituents is 1. The number of non-ortho nitro benzene ring substituents is 1. The van der Waals surface area contributed by atoms with Gasteiger partial charge in [-0.05, 0) is 56.4 Å². The zero-order valence-corrected chi connectivity index (χ0v) is 22.3. The predicted molar refractivity (Wildman–Crippen MR) is 149 cm³/mol. The summed E-state index contributed by atoms with van der Waals surface area (Å²) in [6.07, 6.45) is 1.32. The van der Waals surface area contributed by atoms with Crippen LogP contribution in [-0.2, 0) is 14.3 Å². The van der Waals surface area contributed by atoms with Crippen molar-refractivity contribution < 1.29 is 28.4 Å². The molecule has 2 heterocycles. The normalized spacial score (nSPS) is 14.8. The van der Waals surface area contributed by atoms with Crippen molar-refractivity contribution in [1.29, 1.82) is 0 Å². The minimum Gasteiger partial charge on any atom is -0.483 e. The van der Waals surface area contributed by atoms with Crippen molar-refractivity contribution in [2.24, 2.45) is 5.10 Å². The molecule has 0 unspecified atom stereocenters. The molecule has 2 aromatic carbocycles. The molecule has 1 aliphatic heterocycles. The molecule has 13 heteroatoms. The zero-order valence-electron chi connectivity index (χ0n) is 21.5. The summed E-state index contributed by atoms with van der Waals surface area (Å²) in [7, 11) is 0. The molecule has 1 aromatic heterocycles. The van der Waals surface area contributed by atoms with Gasteiger partial charge < -0.3 is 24.5 Å². The molecular weight excluding hydrogens is 538 g/mol. The third kappa shape index (κ3) is 6.69. The number of ether oxygens (including phenoxy) is 2. The van der Waals surface area contributed by atoms with Gasteiger partial charge in [-0.25, -0.2) is 10.2 Å². The van der Waals surface area contributed by atoms with Crippen LogP contribution in [0.2, 0.25) is 0 Å². The number of hydrogen-bond acceptors (Lipinski definition) is 9. The molecule has 0 spiro atoms. The number of hydrazone groups is 1. The lowest BCUT2D eigenvalue weighted by atomic mass is 9.95. The largest absolute Gasteiger partial charge is 0.483 e. The van der Waals surface area contributed by atoms with E-state index >= 15 is 0 Å². The first-order chi connectivity index (χ1) is 19.3. The topological polar surface area (TPSA) is 157 Å². The lowest BCUT2D eigenvalue weighted by Gasteiger charge is -2.30. The Bertz CT molecular complexity index is 1500. The van der Waals surface area contributed by atoms with Crippen LogP contribution in [0.5, 0.6) is 5.75 Å². The highest BCUT2D eigenvalue weighted by molar-refractivity contribution is 7.80. The number of rotatable bonds is 10. The molecule has 40 heavy (non-hydrogen) atoms. The molecule has 12 nitrogen and oxygen atoms in total. The van der Waals surface area contributed by atoms with E-state index in [0.29, 0.717) is 44.8 Å². The zero-order chi connectivity index (χ0) is 28.6. The van der Waals surface area contributed by atoms with Crippen LogP contribution in [-0.4, -0.2) is 41.3 Å². The lowest BCUT2D eigenvalue weighted by Crippen LogP contribution is -2.45. The van der Waals surface area contributed by atoms with Crippen molar-refractivity contribution in [3.05, 3.63) is 93.4 Å². The Kier molecular flexibility index (Phi) is 8.86. The van der Waals surface area contributed by atoms with E-state index in [2.05, 4.69) is 21.2 Å². The molecule has 4 rings (SSSR count). The maximum Gasteiger partial charge on any atom is 0.338 e. The first kappa shape index (κ1) is 28.0. The third-order valence-corrected chi connectivity index (χ3v) is 5.94.